The number of hydrogen-bond donors (Lipinski definition) is 2. The van der Waals surface area contributed by atoms with Gasteiger partial charge in [-0.2, -0.15) is 5.10 Å². The highest BCUT2D eigenvalue weighted by Crippen LogP contribution is 2.28. The van der Waals surface area contributed by atoms with E-state index in [9.17, 15) is 14.9 Å². The zero-order valence-corrected chi connectivity index (χ0v) is 9.11. The minimum Gasteiger partial charge on any atom is -0.393 e. The SMILES string of the molecule is NC(=O)c1ccn(-c2cccc(N)c2[N+](=O)[O-])n1. The Hall–Kier alpha value is -2.90. The van der Waals surface area contributed by atoms with Gasteiger partial charge in [-0.05, 0) is 18.2 Å². The molecule has 0 aliphatic heterocycles. The summed E-state index contributed by atoms with van der Waals surface area (Å²) in [4.78, 5) is 21.3. The molecule has 0 bridgehead atoms. The van der Waals surface area contributed by atoms with Crippen molar-refractivity contribution < 1.29 is 9.72 Å². The lowest BCUT2D eigenvalue weighted by atomic mass is 10.2. The average molecular weight is 247 g/mol. The summed E-state index contributed by atoms with van der Waals surface area (Å²) < 4.78 is 1.19. The van der Waals surface area contributed by atoms with Crippen LogP contribution >= 0.6 is 0 Å². The third-order valence-corrected chi connectivity index (χ3v) is 2.32. The molecule has 8 nitrogen and oxygen atoms in total. The van der Waals surface area contributed by atoms with E-state index in [0.717, 1.165) is 0 Å². The second-order valence-electron chi connectivity index (χ2n) is 3.48. The molecule has 1 aromatic heterocycles. The highest BCUT2D eigenvalue weighted by Gasteiger charge is 2.20. The number of aromatic nitrogens is 2. The van der Waals surface area contributed by atoms with Gasteiger partial charge in [-0.1, -0.05) is 6.07 Å². The van der Waals surface area contributed by atoms with Gasteiger partial charge in [0.15, 0.2) is 0 Å². The number of nitrogens with zero attached hydrogens (tertiary/aromatic N) is 3. The van der Waals surface area contributed by atoms with Crippen molar-refractivity contribution in [1.82, 2.24) is 9.78 Å². The first-order valence-electron chi connectivity index (χ1n) is 4.89. The van der Waals surface area contributed by atoms with Gasteiger partial charge >= 0.3 is 5.69 Å². The summed E-state index contributed by atoms with van der Waals surface area (Å²) in [6.45, 7) is 0. The molecule has 0 saturated carbocycles. The van der Waals surface area contributed by atoms with E-state index in [1.165, 1.54) is 29.1 Å². The fraction of sp³-hybridized carbons (Fsp3) is 0. The maximum Gasteiger partial charge on any atom is 0.317 e. The fourth-order valence-corrected chi connectivity index (χ4v) is 1.52. The highest BCUT2D eigenvalue weighted by molar-refractivity contribution is 5.90. The Labute approximate surface area is 101 Å². The van der Waals surface area contributed by atoms with Crippen molar-refractivity contribution in [3.8, 4) is 5.69 Å². The van der Waals surface area contributed by atoms with E-state index in [1.807, 2.05) is 0 Å². The quantitative estimate of drug-likeness (QED) is 0.462. The molecule has 4 N–H and O–H groups in total. The Morgan fingerprint density at radius 2 is 2.11 bits per heavy atom. The van der Waals surface area contributed by atoms with Gasteiger partial charge in [-0.3, -0.25) is 14.9 Å². The van der Waals surface area contributed by atoms with E-state index in [4.69, 9.17) is 11.5 Å². The van der Waals surface area contributed by atoms with Crippen LogP contribution in [0.4, 0.5) is 11.4 Å². The van der Waals surface area contributed by atoms with Crippen LogP contribution in [0.5, 0.6) is 0 Å². The molecule has 92 valence electrons. The molecule has 2 rings (SSSR count). The zero-order chi connectivity index (χ0) is 13.3. The largest absolute Gasteiger partial charge is 0.393 e. The van der Waals surface area contributed by atoms with Crippen molar-refractivity contribution in [2.45, 2.75) is 0 Å². The molecule has 0 aliphatic rings. The lowest BCUT2D eigenvalue weighted by Crippen LogP contribution is -2.12. The number of carbonyl (C=O) groups excluding carboxylic acids is 1. The molecule has 0 unspecified atom stereocenters. The van der Waals surface area contributed by atoms with Crippen LogP contribution in [0.3, 0.4) is 0 Å². The first-order valence-corrected chi connectivity index (χ1v) is 4.89. The number of rotatable bonds is 3. The predicted molar refractivity (Wildman–Crippen MR) is 63.1 cm³/mol. The highest BCUT2D eigenvalue weighted by atomic mass is 16.6. The Kier molecular flexibility index (Phi) is 2.68. The van der Waals surface area contributed by atoms with Gasteiger partial charge in [-0.15, -0.1) is 0 Å². The number of amides is 1. The topological polar surface area (TPSA) is 130 Å². The zero-order valence-electron chi connectivity index (χ0n) is 9.11. The number of para-hydroxylation sites is 1. The molecule has 0 aliphatic carbocycles. The minimum absolute atomic E-state index is 0.0201. The van der Waals surface area contributed by atoms with E-state index in [1.54, 1.807) is 6.07 Å². The summed E-state index contributed by atoms with van der Waals surface area (Å²) in [5.41, 5.74) is 10.6. The summed E-state index contributed by atoms with van der Waals surface area (Å²) in [5, 5.41) is 14.8. The van der Waals surface area contributed by atoms with Crippen molar-refractivity contribution in [1.29, 1.82) is 0 Å². The molecule has 0 spiro atoms. The van der Waals surface area contributed by atoms with Crippen LogP contribution in [-0.4, -0.2) is 20.6 Å². The monoisotopic (exact) mass is 247 g/mol. The Bertz CT molecular complexity index is 634. The van der Waals surface area contributed by atoms with Gasteiger partial charge < -0.3 is 11.5 Å². The molecular formula is C10H9N5O3. The molecule has 2 aromatic rings. The van der Waals surface area contributed by atoms with E-state index < -0.39 is 10.8 Å². The molecule has 18 heavy (non-hydrogen) atoms. The molecule has 0 radical (unpaired) electrons. The maximum atomic E-state index is 10.9. The molecule has 1 amide bonds. The van der Waals surface area contributed by atoms with E-state index in [2.05, 4.69) is 5.10 Å². The Morgan fingerprint density at radius 3 is 2.67 bits per heavy atom. The van der Waals surface area contributed by atoms with Crippen LogP contribution in [-0.2, 0) is 0 Å². The molecule has 0 fully saturated rings. The van der Waals surface area contributed by atoms with Crippen LogP contribution in [0.2, 0.25) is 0 Å². The van der Waals surface area contributed by atoms with Gasteiger partial charge in [0, 0.05) is 6.20 Å². The first-order chi connectivity index (χ1) is 8.50. The van der Waals surface area contributed by atoms with E-state index in [0.29, 0.717) is 0 Å². The third-order valence-electron chi connectivity index (χ3n) is 2.32. The molecule has 0 saturated heterocycles. The van der Waals surface area contributed by atoms with Crippen molar-refractivity contribution in [2.24, 2.45) is 5.73 Å². The molecular weight excluding hydrogens is 238 g/mol. The number of carbonyl (C=O) groups is 1. The van der Waals surface area contributed by atoms with Gasteiger partial charge in [0.05, 0.1) is 4.92 Å². The molecule has 1 heterocycles. The van der Waals surface area contributed by atoms with Crippen LogP contribution in [0.15, 0.2) is 30.5 Å². The van der Waals surface area contributed by atoms with Crippen molar-refractivity contribution in [3.63, 3.8) is 0 Å². The standard InChI is InChI=1S/C10H9N5O3/c11-6-2-1-3-8(9(6)15(17)18)14-5-4-7(13-14)10(12)16/h1-5H,11H2,(H2,12,16). The molecule has 0 atom stereocenters. The van der Waals surface area contributed by atoms with Crippen molar-refractivity contribution in [2.75, 3.05) is 5.73 Å². The van der Waals surface area contributed by atoms with Gasteiger partial charge in [0.25, 0.3) is 5.91 Å². The first kappa shape index (κ1) is 11.6. The number of hydrogen-bond acceptors (Lipinski definition) is 5. The molecule has 8 heteroatoms. The fourth-order valence-electron chi connectivity index (χ4n) is 1.52. The number of anilines is 1. The predicted octanol–water partition coefficient (Wildman–Crippen LogP) is 0.462. The van der Waals surface area contributed by atoms with Crippen LogP contribution < -0.4 is 11.5 Å². The summed E-state index contributed by atoms with van der Waals surface area (Å²) >= 11 is 0. The van der Waals surface area contributed by atoms with Crippen LogP contribution in [0, 0.1) is 10.1 Å². The van der Waals surface area contributed by atoms with Crippen molar-refractivity contribution in [3.05, 3.63) is 46.3 Å². The Morgan fingerprint density at radius 1 is 1.39 bits per heavy atom. The molecule has 1 aromatic carbocycles. The van der Waals surface area contributed by atoms with Crippen LogP contribution in [0.1, 0.15) is 10.5 Å². The van der Waals surface area contributed by atoms with Crippen molar-refractivity contribution >= 4 is 17.3 Å². The summed E-state index contributed by atoms with van der Waals surface area (Å²) in [7, 11) is 0. The number of benzene rings is 1. The number of nitrogen functional groups attached to an aromatic ring is 1. The number of nitrogens with two attached hydrogens (primary N) is 2. The lowest BCUT2D eigenvalue weighted by Gasteiger charge is -2.04. The second kappa shape index (κ2) is 4.17. The normalized spacial score (nSPS) is 10.2. The number of nitro groups is 1. The number of nitro benzene ring substituents is 1. The summed E-state index contributed by atoms with van der Waals surface area (Å²) in [6, 6.07) is 5.82. The number of primary amides is 1. The van der Waals surface area contributed by atoms with Gasteiger partial charge in [0.2, 0.25) is 0 Å². The lowest BCUT2D eigenvalue weighted by molar-refractivity contribution is -0.383. The van der Waals surface area contributed by atoms with E-state index in [-0.39, 0.29) is 22.8 Å². The van der Waals surface area contributed by atoms with Gasteiger partial charge in [0.1, 0.15) is 17.1 Å². The maximum absolute atomic E-state index is 10.9. The summed E-state index contributed by atoms with van der Waals surface area (Å²) in [5.74, 6) is -0.708. The van der Waals surface area contributed by atoms with E-state index >= 15 is 0 Å². The van der Waals surface area contributed by atoms with Gasteiger partial charge in [-0.25, -0.2) is 4.68 Å². The Balaban J connectivity index is 2.59. The smallest absolute Gasteiger partial charge is 0.317 e. The average Bonchev–Trinajstić information content (AvgIpc) is 2.77. The van der Waals surface area contributed by atoms with Crippen LogP contribution in [0.25, 0.3) is 5.69 Å². The minimum atomic E-state index is -0.708. The summed E-state index contributed by atoms with van der Waals surface area (Å²) in [6.07, 6.45) is 1.40. The third kappa shape index (κ3) is 1.86. The second-order valence-corrected chi connectivity index (χ2v) is 3.48.